The van der Waals surface area contributed by atoms with Gasteiger partial charge in [0.15, 0.2) is 0 Å². The smallest absolute Gasteiger partial charge is 0.129 e. The van der Waals surface area contributed by atoms with Gasteiger partial charge in [0.05, 0.1) is 7.11 Å². The summed E-state index contributed by atoms with van der Waals surface area (Å²) in [4.78, 5) is 0. The predicted molar refractivity (Wildman–Crippen MR) is 72.8 cm³/mol. The lowest BCUT2D eigenvalue weighted by Gasteiger charge is -2.06. The van der Waals surface area contributed by atoms with Gasteiger partial charge in [0, 0.05) is 11.4 Å². The van der Waals surface area contributed by atoms with Gasteiger partial charge in [0.2, 0.25) is 0 Å². The Morgan fingerprint density at radius 1 is 1.31 bits per heavy atom. The van der Waals surface area contributed by atoms with E-state index < -0.39 is 8.07 Å². The van der Waals surface area contributed by atoms with Gasteiger partial charge in [-0.15, -0.1) is 17.1 Å². The first-order chi connectivity index (χ1) is 7.46. The summed E-state index contributed by atoms with van der Waals surface area (Å²) < 4.78 is 5.16. The van der Waals surface area contributed by atoms with Crippen LogP contribution in [0.4, 0.5) is 0 Å². The van der Waals surface area contributed by atoms with Crippen molar-refractivity contribution in [2.24, 2.45) is 0 Å². The van der Waals surface area contributed by atoms with Crippen LogP contribution in [-0.2, 0) is 5.88 Å². The molecule has 1 aromatic rings. The quantitative estimate of drug-likeness (QED) is 0.443. The highest BCUT2D eigenvalue weighted by molar-refractivity contribution is 6.83. The van der Waals surface area contributed by atoms with Gasteiger partial charge in [-0.1, -0.05) is 25.6 Å². The van der Waals surface area contributed by atoms with Crippen molar-refractivity contribution >= 4 is 19.7 Å². The maximum atomic E-state index is 5.90. The Morgan fingerprint density at radius 3 is 2.50 bits per heavy atom. The van der Waals surface area contributed by atoms with E-state index in [0.29, 0.717) is 5.88 Å². The zero-order chi connectivity index (χ0) is 12.2. The van der Waals surface area contributed by atoms with Crippen LogP contribution in [0, 0.1) is 11.5 Å². The molecule has 3 heteroatoms. The van der Waals surface area contributed by atoms with E-state index in [4.69, 9.17) is 16.3 Å². The van der Waals surface area contributed by atoms with Crippen LogP contribution in [0.5, 0.6) is 5.75 Å². The highest BCUT2D eigenvalue weighted by Gasteiger charge is 2.08. The molecule has 0 aliphatic heterocycles. The van der Waals surface area contributed by atoms with Gasteiger partial charge in [-0.2, -0.15) is 0 Å². The molecule has 0 saturated carbocycles. The summed E-state index contributed by atoms with van der Waals surface area (Å²) in [5, 5.41) is 0. The molecule has 0 saturated heterocycles. The van der Waals surface area contributed by atoms with E-state index in [1.165, 1.54) is 0 Å². The van der Waals surface area contributed by atoms with Crippen LogP contribution in [0.3, 0.4) is 0 Å². The van der Waals surface area contributed by atoms with E-state index in [1.807, 2.05) is 18.2 Å². The van der Waals surface area contributed by atoms with E-state index in [0.717, 1.165) is 16.9 Å². The Labute approximate surface area is 104 Å². The summed E-state index contributed by atoms with van der Waals surface area (Å²) in [5.41, 5.74) is 5.39. The number of hydrogen-bond donors (Lipinski definition) is 0. The van der Waals surface area contributed by atoms with E-state index in [9.17, 15) is 0 Å². The zero-order valence-corrected chi connectivity index (χ0v) is 12.0. The molecule has 0 spiro atoms. The van der Waals surface area contributed by atoms with Crippen molar-refractivity contribution < 1.29 is 4.74 Å². The minimum atomic E-state index is -1.33. The Hall–Kier alpha value is -0.913. The third kappa shape index (κ3) is 3.92. The fourth-order valence-electron chi connectivity index (χ4n) is 1.18. The largest absolute Gasteiger partial charge is 0.497 e. The van der Waals surface area contributed by atoms with Crippen molar-refractivity contribution in [2.45, 2.75) is 25.5 Å². The van der Waals surface area contributed by atoms with Crippen LogP contribution in [-0.4, -0.2) is 15.2 Å². The zero-order valence-electron chi connectivity index (χ0n) is 10.2. The van der Waals surface area contributed by atoms with E-state index in [-0.39, 0.29) is 0 Å². The second-order valence-corrected chi connectivity index (χ2v) is 9.67. The van der Waals surface area contributed by atoms with Gasteiger partial charge in [0.25, 0.3) is 0 Å². The van der Waals surface area contributed by atoms with Gasteiger partial charge in [-0.25, -0.2) is 0 Å². The standard InChI is InChI=1S/C13H17ClOSi/c1-15-13-6-5-11(12(9-13)10-14)7-8-16(2,3)4/h5-6,9H,10H2,1-4H3. The maximum absolute atomic E-state index is 5.90. The molecule has 86 valence electrons. The molecule has 1 rings (SSSR count). The van der Waals surface area contributed by atoms with Crippen LogP contribution in [0.1, 0.15) is 11.1 Å². The molecule has 0 radical (unpaired) electrons. The second-order valence-electron chi connectivity index (χ2n) is 4.66. The Kier molecular flexibility index (Phi) is 4.46. The van der Waals surface area contributed by atoms with Crippen LogP contribution in [0.25, 0.3) is 0 Å². The molecule has 0 aliphatic carbocycles. The van der Waals surface area contributed by atoms with Gasteiger partial charge in [0.1, 0.15) is 13.8 Å². The highest BCUT2D eigenvalue weighted by Crippen LogP contribution is 2.18. The second kappa shape index (κ2) is 5.43. The van der Waals surface area contributed by atoms with E-state index in [2.05, 4.69) is 31.1 Å². The number of alkyl halides is 1. The van der Waals surface area contributed by atoms with Crippen LogP contribution in [0.15, 0.2) is 18.2 Å². The maximum Gasteiger partial charge on any atom is 0.129 e. The molecule has 1 aromatic carbocycles. The van der Waals surface area contributed by atoms with Gasteiger partial charge in [-0.05, 0) is 23.8 Å². The molecule has 0 bridgehead atoms. The summed E-state index contributed by atoms with van der Waals surface area (Å²) in [6, 6.07) is 5.84. The first-order valence-corrected chi connectivity index (χ1v) is 9.26. The molecular formula is C13H17ClOSi. The van der Waals surface area contributed by atoms with Gasteiger partial charge < -0.3 is 4.74 Å². The number of rotatable bonds is 2. The van der Waals surface area contributed by atoms with Crippen molar-refractivity contribution in [1.29, 1.82) is 0 Å². The molecular weight excluding hydrogens is 236 g/mol. The molecule has 0 N–H and O–H groups in total. The monoisotopic (exact) mass is 252 g/mol. The van der Waals surface area contributed by atoms with Gasteiger partial charge in [-0.3, -0.25) is 0 Å². The summed E-state index contributed by atoms with van der Waals surface area (Å²) in [6.07, 6.45) is 0. The van der Waals surface area contributed by atoms with Crippen molar-refractivity contribution in [2.75, 3.05) is 7.11 Å². The fraction of sp³-hybridized carbons (Fsp3) is 0.385. The average molecular weight is 253 g/mol. The highest BCUT2D eigenvalue weighted by atomic mass is 35.5. The molecule has 0 aromatic heterocycles. The molecule has 0 fully saturated rings. The summed E-state index contributed by atoms with van der Waals surface area (Å²) >= 11 is 5.90. The predicted octanol–water partition coefficient (Wildman–Crippen LogP) is 3.66. The van der Waals surface area contributed by atoms with Crippen molar-refractivity contribution in [3.05, 3.63) is 29.3 Å². The van der Waals surface area contributed by atoms with Crippen LogP contribution >= 0.6 is 11.6 Å². The first kappa shape index (κ1) is 13.2. The average Bonchev–Trinajstić information content (AvgIpc) is 2.25. The Bertz CT molecular complexity index is 424. The lowest BCUT2D eigenvalue weighted by atomic mass is 10.1. The molecule has 16 heavy (non-hydrogen) atoms. The molecule has 0 unspecified atom stereocenters. The van der Waals surface area contributed by atoms with Crippen LogP contribution < -0.4 is 4.74 Å². The fourth-order valence-corrected chi connectivity index (χ4v) is 1.92. The van der Waals surface area contributed by atoms with Gasteiger partial charge >= 0.3 is 0 Å². The Morgan fingerprint density at radius 2 is 2.00 bits per heavy atom. The summed E-state index contributed by atoms with van der Waals surface area (Å²) in [7, 11) is 0.321. The van der Waals surface area contributed by atoms with Crippen molar-refractivity contribution in [3.63, 3.8) is 0 Å². The minimum absolute atomic E-state index is 0.465. The van der Waals surface area contributed by atoms with Crippen molar-refractivity contribution in [1.82, 2.24) is 0 Å². The SMILES string of the molecule is COc1ccc(C#C[Si](C)(C)C)c(CCl)c1. The minimum Gasteiger partial charge on any atom is -0.497 e. The first-order valence-electron chi connectivity index (χ1n) is 5.22. The number of ether oxygens (including phenoxy) is 1. The third-order valence-corrected chi connectivity index (χ3v) is 3.19. The summed E-state index contributed by atoms with van der Waals surface area (Å²) in [6.45, 7) is 6.68. The van der Waals surface area contributed by atoms with E-state index >= 15 is 0 Å². The topological polar surface area (TPSA) is 9.23 Å². The molecule has 0 heterocycles. The lowest BCUT2D eigenvalue weighted by Crippen LogP contribution is -2.16. The van der Waals surface area contributed by atoms with Crippen LogP contribution in [0.2, 0.25) is 19.6 Å². The lowest BCUT2D eigenvalue weighted by molar-refractivity contribution is 0.414. The third-order valence-electron chi connectivity index (χ3n) is 2.03. The van der Waals surface area contributed by atoms with Crippen molar-refractivity contribution in [3.8, 4) is 17.2 Å². The molecule has 0 amide bonds. The van der Waals surface area contributed by atoms with E-state index in [1.54, 1.807) is 7.11 Å². The molecule has 0 atom stereocenters. The summed E-state index contributed by atoms with van der Waals surface area (Å²) in [5.74, 6) is 4.52. The normalized spacial score (nSPS) is 10.6. The molecule has 0 aliphatic rings. The number of methoxy groups -OCH3 is 1. The number of benzene rings is 1. The Balaban J connectivity index is 3.08. The molecule has 1 nitrogen and oxygen atoms in total. The number of hydrogen-bond acceptors (Lipinski definition) is 1. The number of halogens is 1.